The van der Waals surface area contributed by atoms with E-state index in [9.17, 15) is 5.11 Å². The number of hydrogen-bond acceptors (Lipinski definition) is 2. The molecule has 2 nitrogen and oxygen atoms in total. The minimum Gasteiger partial charge on any atom is -0.390 e. The molecule has 0 spiro atoms. The summed E-state index contributed by atoms with van der Waals surface area (Å²) in [6.07, 6.45) is 13.5. The van der Waals surface area contributed by atoms with Crippen LogP contribution in [-0.4, -0.2) is 23.9 Å². The van der Waals surface area contributed by atoms with Crippen molar-refractivity contribution in [1.82, 2.24) is 0 Å². The van der Waals surface area contributed by atoms with Gasteiger partial charge in [-0.2, -0.15) is 0 Å². The molecule has 0 aliphatic carbocycles. The molecule has 1 N–H and O–H groups in total. The van der Waals surface area contributed by atoms with Crippen molar-refractivity contribution in [2.75, 3.05) is 6.61 Å². The molecule has 1 aliphatic rings. The van der Waals surface area contributed by atoms with Crippen LogP contribution < -0.4 is 0 Å². The third-order valence-corrected chi connectivity index (χ3v) is 3.75. The van der Waals surface area contributed by atoms with Gasteiger partial charge in [-0.15, -0.1) is 0 Å². The van der Waals surface area contributed by atoms with Crippen LogP contribution in [0.5, 0.6) is 0 Å². The van der Waals surface area contributed by atoms with Gasteiger partial charge in [-0.25, -0.2) is 0 Å². The molecule has 0 radical (unpaired) electrons. The monoisotopic (exact) mass is 242 g/mol. The predicted molar refractivity (Wildman–Crippen MR) is 72.2 cm³/mol. The van der Waals surface area contributed by atoms with E-state index in [1.807, 2.05) is 0 Å². The van der Waals surface area contributed by atoms with Crippen LogP contribution in [0, 0.1) is 0 Å². The molecule has 1 saturated heterocycles. The Balaban J connectivity index is 1.90. The fourth-order valence-corrected chi connectivity index (χ4v) is 2.57. The molecule has 1 fully saturated rings. The van der Waals surface area contributed by atoms with Gasteiger partial charge in [0.05, 0.1) is 12.2 Å². The van der Waals surface area contributed by atoms with Gasteiger partial charge < -0.3 is 9.84 Å². The molecule has 0 aromatic heterocycles. The van der Waals surface area contributed by atoms with E-state index in [2.05, 4.69) is 6.92 Å². The second-order valence-electron chi connectivity index (χ2n) is 5.38. The number of hydrogen-bond donors (Lipinski definition) is 1. The smallest absolute Gasteiger partial charge is 0.0833 e. The first-order valence-corrected chi connectivity index (χ1v) is 7.64. The Morgan fingerprint density at radius 2 is 1.76 bits per heavy atom. The van der Waals surface area contributed by atoms with Crippen LogP contribution in [0.2, 0.25) is 0 Å². The molecular weight excluding hydrogens is 212 g/mol. The zero-order chi connectivity index (χ0) is 12.3. The highest BCUT2D eigenvalue weighted by atomic mass is 16.5. The molecule has 102 valence electrons. The Hall–Kier alpha value is -0.0800. The number of ether oxygens (including phenoxy) is 1. The van der Waals surface area contributed by atoms with E-state index in [1.165, 1.54) is 51.4 Å². The summed E-state index contributed by atoms with van der Waals surface area (Å²) in [7, 11) is 0. The molecule has 17 heavy (non-hydrogen) atoms. The van der Waals surface area contributed by atoms with Crippen LogP contribution in [0.1, 0.15) is 77.6 Å². The second-order valence-corrected chi connectivity index (χ2v) is 5.38. The van der Waals surface area contributed by atoms with Crippen molar-refractivity contribution < 1.29 is 9.84 Å². The van der Waals surface area contributed by atoms with Crippen molar-refractivity contribution in [3.05, 3.63) is 0 Å². The number of rotatable bonds is 9. The average molecular weight is 242 g/mol. The van der Waals surface area contributed by atoms with E-state index < -0.39 is 0 Å². The van der Waals surface area contributed by atoms with E-state index in [0.29, 0.717) is 0 Å². The maximum absolute atomic E-state index is 9.99. The lowest BCUT2D eigenvalue weighted by Crippen LogP contribution is -2.32. The molecule has 1 heterocycles. The second kappa shape index (κ2) is 9.90. The molecule has 1 aliphatic heterocycles. The van der Waals surface area contributed by atoms with Gasteiger partial charge in [0.15, 0.2) is 0 Å². The van der Waals surface area contributed by atoms with Gasteiger partial charge in [0.2, 0.25) is 0 Å². The first-order chi connectivity index (χ1) is 8.34. The number of aliphatic hydroxyl groups excluding tert-OH is 1. The first kappa shape index (κ1) is 15.0. The van der Waals surface area contributed by atoms with Crippen molar-refractivity contribution in [1.29, 1.82) is 0 Å². The van der Waals surface area contributed by atoms with Gasteiger partial charge in [0.25, 0.3) is 0 Å². The highest BCUT2D eigenvalue weighted by Gasteiger charge is 2.21. The Morgan fingerprint density at radius 3 is 2.41 bits per heavy atom. The normalized spacial score (nSPS) is 22.6. The van der Waals surface area contributed by atoms with Crippen molar-refractivity contribution in [3.8, 4) is 0 Å². The predicted octanol–water partition coefficient (Wildman–Crippen LogP) is 4.06. The summed E-state index contributed by atoms with van der Waals surface area (Å²) in [5, 5.41) is 9.99. The minimum atomic E-state index is -0.217. The number of aliphatic hydroxyl groups is 1. The van der Waals surface area contributed by atoms with Gasteiger partial charge >= 0.3 is 0 Å². The Kier molecular flexibility index (Phi) is 8.72. The van der Waals surface area contributed by atoms with Gasteiger partial charge in [-0.05, 0) is 25.7 Å². The van der Waals surface area contributed by atoms with Gasteiger partial charge in [-0.1, -0.05) is 51.9 Å². The van der Waals surface area contributed by atoms with Crippen LogP contribution in [0.15, 0.2) is 0 Å². The average Bonchev–Trinajstić information content (AvgIpc) is 2.38. The fraction of sp³-hybridized carbons (Fsp3) is 1.00. The van der Waals surface area contributed by atoms with Crippen LogP contribution in [0.25, 0.3) is 0 Å². The quantitative estimate of drug-likeness (QED) is 0.618. The molecule has 2 unspecified atom stereocenters. The van der Waals surface area contributed by atoms with Gasteiger partial charge in [0, 0.05) is 6.61 Å². The third-order valence-electron chi connectivity index (χ3n) is 3.75. The standard InChI is InChI=1S/C15H30O2/c1-2-3-4-5-6-7-8-11-14(16)15-12-9-10-13-17-15/h14-16H,2-13H2,1H3. The molecule has 1 rings (SSSR count). The maximum atomic E-state index is 9.99. The van der Waals surface area contributed by atoms with Crippen molar-refractivity contribution >= 4 is 0 Å². The van der Waals surface area contributed by atoms with E-state index in [0.717, 1.165) is 25.9 Å². The topological polar surface area (TPSA) is 29.5 Å². The lowest BCUT2D eigenvalue weighted by Gasteiger charge is -2.27. The SMILES string of the molecule is CCCCCCCCCC(O)C1CCCCO1. The molecule has 0 aromatic rings. The van der Waals surface area contributed by atoms with Crippen LogP contribution in [-0.2, 0) is 4.74 Å². The molecule has 0 amide bonds. The summed E-state index contributed by atoms with van der Waals surface area (Å²) in [4.78, 5) is 0. The van der Waals surface area contributed by atoms with E-state index >= 15 is 0 Å². The van der Waals surface area contributed by atoms with Gasteiger partial charge in [0.1, 0.15) is 0 Å². The highest BCUT2D eigenvalue weighted by Crippen LogP contribution is 2.19. The molecule has 2 heteroatoms. The van der Waals surface area contributed by atoms with Crippen LogP contribution >= 0.6 is 0 Å². The lowest BCUT2D eigenvalue weighted by molar-refractivity contribution is -0.0648. The molecular formula is C15H30O2. The summed E-state index contributed by atoms with van der Waals surface area (Å²) >= 11 is 0. The minimum absolute atomic E-state index is 0.129. The van der Waals surface area contributed by atoms with E-state index in [1.54, 1.807) is 0 Å². The van der Waals surface area contributed by atoms with Gasteiger partial charge in [-0.3, -0.25) is 0 Å². The summed E-state index contributed by atoms with van der Waals surface area (Å²) < 4.78 is 5.60. The van der Waals surface area contributed by atoms with Crippen LogP contribution in [0.3, 0.4) is 0 Å². The lowest BCUT2D eigenvalue weighted by atomic mass is 9.99. The third kappa shape index (κ3) is 7.05. The van der Waals surface area contributed by atoms with E-state index in [4.69, 9.17) is 4.74 Å². The fourth-order valence-electron chi connectivity index (χ4n) is 2.57. The summed E-state index contributed by atoms with van der Waals surface area (Å²) in [5.41, 5.74) is 0. The van der Waals surface area contributed by atoms with Crippen molar-refractivity contribution in [2.24, 2.45) is 0 Å². The molecule has 0 aromatic carbocycles. The van der Waals surface area contributed by atoms with Crippen molar-refractivity contribution in [3.63, 3.8) is 0 Å². The zero-order valence-corrected chi connectivity index (χ0v) is 11.5. The zero-order valence-electron chi connectivity index (χ0n) is 11.5. The molecule has 0 bridgehead atoms. The largest absolute Gasteiger partial charge is 0.390 e. The summed E-state index contributed by atoms with van der Waals surface area (Å²) in [5.74, 6) is 0. The van der Waals surface area contributed by atoms with Crippen molar-refractivity contribution in [2.45, 2.75) is 89.8 Å². The Labute approximate surface area is 107 Å². The first-order valence-electron chi connectivity index (χ1n) is 7.64. The van der Waals surface area contributed by atoms with E-state index in [-0.39, 0.29) is 12.2 Å². The summed E-state index contributed by atoms with van der Waals surface area (Å²) in [6, 6.07) is 0. The highest BCUT2D eigenvalue weighted by molar-refractivity contribution is 4.72. The van der Waals surface area contributed by atoms with Crippen LogP contribution in [0.4, 0.5) is 0 Å². The summed E-state index contributed by atoms with van der Waals surface area (Å²) in [6.45, 7) is 3.10. The molecule has 0 saturated carbocycles. The number of unbranched alkanes of at least 4 members (excludes halogenated alkanes) is 6. The Morgan fingerprint density at radius 1 is 1.06 bits per heavy atom. The maximum Gasteiger partial charge on any atom is 0.0833 e. The Bertz CT molecular complexity index is 164. The molecule has 2 atom stereocenters.